The van der Waals surface area contributed by atoms with Crippen LogP contribution in [0.25, 0.3) is 0 Å². The molecule has 2 aromatic rings. The quantitative estimate of drug-likeness (QED) is 0.825. The molecule has 2 aromatic carbocycles. The summed E-state index contributed by atoms with van der Waals surface area (Å²) < 4.78 is 0. The molecule has 0 saturated carbocycles. The molecule has 0 radical (unpaired) electrons. The van der Waals surface area contributed by atoms with Gasteiger partial charge in [-0.3, -0.25) is 4.79 Å². The number of carbonyl (C=O) groups is 1. The molecule has 1 atom stereocenters. The molecular formula is C19H24N2O. The Labute approximate surface area is 132 Å². The number of carbonyl (C=O) groups excluding carboxylic acids is 1. The maximum Gasteiger partial charge on any atom is 0.221 e. The van der Waals surface area contributed by atoms with Crippen molar-refractivity contribution in [1.29, 1.82) is 0 Å². The number of nitrogens with two attached hydrogens (primary N) is 1. The van der Waals surface area contributed by atoms with E-state index >= 15 is 0 Å². The average molecular weight is 296 g/mol. The van der Waals surface area contributed by atoms with Crippen molar-refractivity contribution in [3.8, 4) is 0 Å². The molecule has 1 amide bonds. The van der Waals surface area contributed by atoms with Gasteiger partial charge >= 0.3 is 0 Å². The van der Waals surface area contributed by atoms with E-state index in [9.17, 15) is 4.79 Å². The van der Waals surface area contributed by atoms with Crippen molar-refractivity contribution in [2.24, 2.45) is 5.73 Å². The van der Waals surface area contributed by atoms with Crippen LogP contribution in [0.1, 0.15) is 36.1 Å². The van der Waals surface area contributed by atoms with Crippen LogP contribution in [0.15, 0.2) is 54.6 Å². The molecule has 0 aliphatic heterocycles. The Balaban J connectivity index is 1.73. The predicted molar refractivity (Wildman–Crippen MR) is 90.5 cm³/mol. The second-order valence-electron chi connectivity index (χ2n) is 5.49. The molecule has 0 aliphatic carbocycles. The Kier molecular flexibility index (Phi) is 6.16. The van der Waals surface area contributed by atoms with Gasteiger partial charge in [0.1, 0.15) is 0 Å². The second-order valence-corrected chi connectivity index (χ2v) is 5.49. The van der Waals surface area contributed by atoms with Crippen molar-refractivity contribution in [2.75, 3.05) is 6.54 Å². The number of hydrogen-bond donors (Lipinski definition) is 2. The van der Waals surface area contributed by atoms with Crippen LogP contribution < -0.4 is 11.1 Å². The van der Waals surface area contributed by atoms with Gasteiger partial charge in [0, 0.05) is 19.0 Å². The van der Waals surface area contributed by atoms with Crippen LogP contribution in [0.4, 0.5) is 0 Å². The predicted octanol–water partition coefficient (Wildman–Crippen LogP) is 3.00. The zero-order valence-corrected chi connectivity index (χ0v) is 13.1. The summed E-state index contributed by atoms with van der Waals surface area (Å²) in [5, 5.41) is 2.94. The lowest BCUT2D eigenvalue weighted by molar-refractivity contribution is -0.121. The molecule has 3 N–H and O–H groups in total. The minimum Gasteiger partial charge on any atom is -0.356 e. The van der Waals surface area contributed by atoms with Crippen LogP contribution in [0.3, 0.4) is 0 Å². The highest BCUT2D eigenvalue weighted by molar-refractivity contribution is 5.76. The van der Waals surface area contributed by atoms with E-state index in [4.69, 9.17) is 5.73 Å². The van der Waals surface area contributed by atoms with Crippen molar-refractivity contribution < 1.29 is 4.79 Å². The zero-order valence-electron chi connectivity index (χ0n) is 13.1. The van der Waals surface area contributed by atoms with Crippen molar-refractivity contribution in [3.05, 3.63) is 71.3 Å². The van der Waals surface area contributed by atoms with Crippen LogP contribution in [-0.2, 0) is 17.6 Å². The lowest BCUT2D eigenvalue weighted by atomic mass is 10.0. The van der Waals surface area contributed by atoms with Crippen molar-refractivity contribution in [1.82, 2.24) is 5.32 Å². The summed E-state index contributed by atoms with van der Waals surface area (Å²) in [6.45, 7) is 2.79. The maximum absolute atomic E-state index is 11.9. The van der Waals surface area contributed by atoms with Crippen molar-refractivity contribution in [3.63, 3.8) is 0 Å². The molecule has 0 spiro atoms. The molecule has 3 heteroatoms. The fourth-order valence-corrected chi connectivity index (χ4v) is 2.38. The van der Waals surface area contributed by atoms with E-state index in [0.29, 0.717) is 13.0 Å². The highest BCUT2D eigenvalue weighted by atomic mass is 16.1. The smallest absolute Gasteiger partial charge is 0.221 e. The first-order valence-corrected chi connectivity index (χ1v) is 7.84. The van der Waals surface area contributed by atoms with E-state index < -0.39 is 0 Å². The summed E-state index contributed by atoms with van der Waals surface area (Å²) in [5.41, 5.74) is 9.62. The molecule has 0 bridgehead atoms. The van der Waals surface area contributed by atoms with E-state index in [1.165, 1.54) is 11.1 Å². The molecule has 116 valence electrons. The molecule has 0 aromatic heterocycles. The molecule has 2 rings (SSSR count). The van der Waals surface area contributed by atoms with Gasteiger partial charge in [-0.15, -0.1) is 0 Å². The Morgan fingerprint density at radius 3 is 2.32 bits per heavy atom. The first-order valence-electron chi connectivity index (χ1n) is 7.84. The molecule has 22 heavy (non-hydrogen) atoms. The van der Waals surface area contributed by atoms with Gasteiger partial charge in [-0.25, -0.2) is 0 Å². The van der Waals surface area contributed by atoms with E-state index in [-0.39, 0.29) is 11.9 Å². The molecule has 3 nitrogen and oxygen atoms in total. The maximum atomic E-state index is 11.9. The largest absolute Gasteiger partial charge is 0.356 e. The molecule has 0 fully saturated rings. The minimum absolute atomic E-state index is 0.00142. The Morgan fingerprint density at radius 2 is 1.68 bits per heavy atom. The average Bonchev–Trinajstić information content (AvgIpc) is 2.56. The van der Waals surface area contributed by atoms with Crippen LogP contribution in [0.5, 0.6) is 0 Å². The summed E-state index contributed by atoms with van der Waals surface area (Å²) in [6, 6.07) is 18.0. The fourth-order valence-electron chi connectivity index (χ4n) is 2.38. The lowest BCUT2D eigenvalue weighted by Crippen LogP contribution is -2.29. The third-order valence-electron chi connectivity index (χ3n) is 3.80. The highest BCUT2D eigenvalue weighted by Gasteiger charge is 2.10. The fraction of sp³-hybridized carbons (Fsp3) is 0.316. The molecular weight excluding hydrogens is 272 g/mol. The third kappa shape index (κ3) is 5.01. The van der Waals surface area contributed by atoms with Gasteiger partial charge in [0.15, 0.2) is 0 Å². The molecule has 0 heterocycles. The number of benzene rings is 2. The Hall–Kier alpha value is -2.13. The summed E-state index contributed by atoms with van der Waals surface area (Å²) in [7, 11) is 0. The standard InChI is InChI=1S/C19H24N2O/c1-2-15-8-10-16(11-9-15)12-13-21-19(22)14-18(20)17-6-4-3-5-7-17/h3-11,18H,2,12-14,20H2,1H3,(H,21,22). The number of nitrogens with one attached hydrogen (secondary N) is 1. The Morgan fingerprint density at radius 1 is 1.05 bits per heavy atom. The van der Waals surface area contributed by atoms with Crippen LogP contribution >= 0.6 is 0 Å². The van der Waals surface area contributed by atoms with Gasteiger partial charge < -0.3 is 11.1 Å². The van der Waals surface area contributed by atoms with Gasteiger partial charge in [-0.2, -0.15) is 0 Å². The minimum atomic E-state index is -0.245. The van der Waals surface area contributed by atoms with E-state index in [1.54, 1.807) is 0 Å². The van der Waals surface area contributed by atoms with E-state index in [2.05, 4.69) is 36.5 Å². The molecule has 0 aliphatic rings. The van der Waals surface area contributed by atoms with Crippen LogP contribution in [0, 0.1) is 0 Å². The molecule has 0 saturated heterocycles. The van der Waals surface area contributed by atoms with E-state index in [0.717, 1.165) is 18.4 Å². The lowest BCUT2D eigenvalue weighted by Gasteiger charge is -2.12. The van der Waals surface area contributed by atoms with Crippen LogP contribution in [0.2, 0.25) is 0 Å². The Bertz CT molecular complexity index is 578. The summed E-state index contributed by atoms with van der Waals surface area (Å²) in [4.78, 5) is 11.9. The first-order chi connectivity index (χ1) is 10.7. The number of amides is 1. The van der Waals surface area contributed by atoms with Gasteiger partial charge in [-0.1, -0.05) is 61.5 Å². The zero-order chi connectivity index (χ0) is 15.8. The van der Waals surface area contributed by atoms with Gasteiger partial charge in [0.25, 0.3) is 0 Å². The third-order valence-corrected chi connectivity index (χ3v) is 3.80. The number of aryl methyl sites for hydroxylation is 1. The number of hydrogen-bond acceptors (Lipinski definition) is 2. The SMILES string of the molecule is CCc1ccc(CCNC(=O)CC(N)c2ccccc2)cc1. The summed E-state index contributed by atoms with van der Waals surface area (Å²) >= 11 is 0. The van der Waals surface area contributed by atoms with Gasteiger partial charge in [0.05, 0.1) is 0 Å². The van der Waals surface area contributed by atoms with Crippen LogP contribution in [-0.4, -0.2) is 12.5 Å². The summed E-state index contributed by atoms with van der Waals surface area (Å²) in [5.74, 6) is 0.00142. The molecule has 1 unspecified atom stereocenters. The summed E-state index contributed by atoms with van der Waals surface area (Å²) in [6.07, 6.45) is 2.21. The second kappa shape index (κ2) is 8.35. The van der Waals surface area contributed by atoms with E-state index in [1.807, 2.05) is 30.3 Å². The van der Waals surface area contributed by atoms with Gasteiger partial charge in [0.2, 0.25) is 5.91 Å². The monoisotopic (exact) mass is 296 g/mol. The number of rotatable bonds is 7. The van der Waals surface area contributed by atoms with Crippen molar-refractivity contribution >= 4 is 5.91 Å². The van der Waals surface area contributed by atoms with Crippen molar-refractivity contribution in [2.45, 2.75) is 32.2 Å². The highest BCUT2D eigenvalue weighted by Crippen LogP contribution is 2.12. The normalized spacial score (nSPS) is 11.9. The first kappa shape index (κ1) is 16.2. The van der Waals surface area contributed by atoms with Gasteiger partial charge in [-0.05, 0) is 29.5 Å². The topological polar surface area (TPSA) is 55.1 Å².